The summed E-state index contributed by atoms with van der Waals surface area (Å²) in [5, 5.41) is 0. The lowest BCUT2D eigenvalue weighted by Crippen LogP contribution is -2.17. The lowest BCUT2D eigenvalue weighted by atomic mass is 10.1. The van der Waals surface area contributed by atoms with Crippen molar-refractivity contribution >= 4 is 5.78 Å². The smallest absolute Gasteiger partial charge is 0.270 e. The molecule has 0 amide bonds. The van der Waals surface area contributed by atoms with Gasteiger partial charge in [0.25, 0.3) is 5.56 Å². The first-order chi connectivity index (χ1) is 8.16. The molecule has 4 nitrogen and oxygen atoms in total. The summed E-state index contributed by atoms with van der Waals surface area (Å²) in [5.74, 6) is -0.103. The average Bonchev–Trinajstić information content (AvgIpc) is 2.33. The van der Waals surface area contributed by atoms with Crippen molar-refractivity contribution in [3.05, 3.63) is 63.8 Å². The third-order valence-electron chi connectivity index (χ3n) is 2.48. The van der Waals surface area contributed by atoms with E-state index in [9.17, 15) is 9.59 Å². The zero-order valence-corrected chi connectivity index (χ0v) is 9.43. The molecule has 0 bridgehead atoms. The maximum Gasteiger partial charge on any atom is 0.270 e. The summed E-state index contributed by atoms with van der Waals surface area (Å²) in [5.41, 5.74) is 1.63. The number of aryl methyl sites for hydroxylation is 1. The number of ketones is 1. The topological polar surface area (TPSA) is 62.8 Å². The molecular formula is C13H12N2O2. The summed E-state index contributed by atoms with van der Waals surface area (Å²) >= 11 is 0. The maximum absolute atomic E-state index is 11.9. The second kappa shape index (κ2) is 4.74. The number of hydrogen-bond acceptors (Lipinski definition) is 3. The van der Waals surface area contributed by atoms with Crippen LogP contribution in [0.5, 0.6) is 0 Å². The highest BCUT2D eigenvalue weighted by molar-refractivity contribution is 5.97. The molecule has 1 aromatic carbocycles. The molecule has 4 heteroatoms. The molecular weight excluding hydrogens is 216 g/mol. The number of nitrogens with one attached hydrogen (secondary N) is 1. The Labute approximate surface area is 98.3 Å². The van der Waals surface area contributed by atoms with E-state index in [1.807, 2.05) is 19.1 Å². The minimum absolute atomic E-state index is 0.0270. The summed E-state index contributed by atoms with van der Waals surface area (Å²) in [6.45, 7) is 1.96. The van der Waals surface area contributed by atoms with Gasteiger partial charge in [0, 0.05) is 18.0 Å². The van der Waals surface area contributed by atoms with Gasteiger partial charge in [0.05, 0.1) is 6.42 Å². The second-order valence-corrected chi connectivity index (χ2v) is 3.83. The molecule has 0 aliphatic heterocycles. The van der Waals surface area contributed by atoms with Gasteiger partial charge < -0.3 is 4.98 Å². The van der Waals surface area contributed by atoms with Crippen LogP contribution < -0.4 is 5.56 Å². The number of aromatic amines is 1. The first-order valence-corrected chi connectivity index (χ1v) is 5.29. The quantitative estimate of drug-likeness (QED) is 0.810. The van der Waals surface area contributed by atoms with Crippen LogP contribution in [0, 0.1) is 6.92 Å². The predicted molar refractivity (Wildman–Crippen MR) is 64.1 cm³/mol. The van der Waals surface area contributed by atoms with Gasteiger partial charge in [-0.3, -0.25) is 14.6 Å². The zero-order chi connectivity index (χ0) is 12.3. The van der Waals surface area contributed by atoms with E-state index in [0.29, 0.717) is 5.56 Å². The zero-order valence-electron chi connectivity index (χ0n) is 9.43. The van der Waals surface area contributed by atoms with Crippen LogP contribution >= 0.6 is 0 Å². The minimum Gasteiger partial charge on any atom is -0.326 e. The second-order valence-electron chi connectivity index (χ2n) is 3.83. The molecule has 0 aliphatic carbocycles. The number of benzene rings is 1. The Hall–Kier alpha value is -2.23. The SMILES string of the molecule is Cc1ccc(C(=O)Cc2ncc[nH]c2=O)cc1. The number of H-pyrrole nitrogens is 1. The predicted octanol–water partition coefficient (Wildman–Crippen LogP) is 1.50. The van der Waals surface area contributed by atoms with E-state index >= 15 is 0 Å². The number of carbonyl (C=O) groups excluding carboxylic acids is 1. The molecule has 2 rings (SSSR count). The fourth-order valence-corrected chi connectivity index (χ4v) is 1.50. The van der Waals surface area contributed by atoms with Crippen molar-refractivity contribution in [1.82, 2.24) is 9.97 Å². The van der Waals surface area contributed by atoms with Gasteiger partial charge >= 0.3 is 0 Å². The highest BCUT2D eigenvalue weighted by atomic mass is 16.1. The van der Waals surface area contributed by atoms with Crippen LogP contribution in [-0.4, -0.2) is 15.8 Å². The van der Waals surface area contributed by atoms with Gasteiger partial charge in [-0.15, -0.1) is 0 Å². The molecule has 0 atom stereocenters. The molecule has 0 radical (unpaired) electrons. The van der Waals surface area contributed by atoms with Gasteiger partial charge in [-0.1, -0.05) is 29.8 Å². The summed E-state index contributed by atoms with van der Waals surface area (Å²) in [4.78, 5) is 29.6. The Bertz CT molecular complexity index is 585. The van der Waals surface area contributed by atoms with Crippen LogP contribution in [0.2, 0.25) is 0 Å². The maximum atomic E-state index is 11.9. The molecule has 0 unspecified atom stereocenters. The van der Waals surface area contributed by atoms with Crippen LogP contribution in [0.15, 0.2) is 41.5 Å². The summed E-state index contributed by atoms with van der Waals surface area (Å²) in [7, 11) is 0. The third-order valence-corrected chi connectivity index (χ3v) is 2.48. The van der Waals surface area contributed by atoms with Gasteiger partial charge in [-0.25, -0.2) is 0 Å². The van der Waals surface area contributed by atoms with Crippen LogP contribution in [0.4, 0.5) is 0 Å². The molecule has 1 heterocycles. The van der Waals surface area contributed by atoms with E-state index in [1.54, 1.807) is 12.1 Å². The molecule has 0 aliphatic rings. The van der Waals surface area contributed by atoms with Gasteiger partial charge in [0.1, 0.15) is 5.69 Å². The van der Waals surface area contributed by atoms with E-state index < -0.39 is 0 Å². The first kappa shape index (κ1) is 11.3. The van der Waals surface area contributed by atoms with Gasteiger partial charge in [-0.05, 0) is 6.92 Å². The Kier molecular flexibility index (Phi) is 3.14. The van der Waals surface area contributed by atoms with Crippen molar-refractivity contribution in [2.45, 2.75) is 13.3 Å². The monoisotopic (exact) mass is 228 g/mol. The Morgan fingerprint density at radius 1 is 1.29 bits per heavy atom. The van der Waals surface area contributed by atoms with Crippen LogP contribution in [-0.2, 0) is 6.42 Å². The van der Waals surface area contributed by atoms with Gasteiger partial charge in [0.15, 0.2) is 5.78 Å². The number of nitrogens with zero attached hydrogens (tertiary/aromatic N) is 1. The molecule has 0 saturated heterocycles. The Morgan fingerprint density at radius 3 is 2.65 bits per heavy atom. The molecule has 0 fully saturated rings. The van der Waals surface area contributed by atoms with Gasteiger partial charge in [0.2, 0.25) is 0 Å². The number of rotatable bonds is 3. The van der Waals surface area contributed by atoms with E-state index in [4.69, 9.17) is 0 Å². The molecule has 0 spiro atoms. The normalized spacial score (nSPS) is 10.2. The standard InChI is InChI=1S/C13H12N2O2/c1-9-2-4-10(5-3-9)12(16)8-11-13(17)15-7-6-14-11/h2-7H,8H2,1H3,(H,15,17). The van der Waals surface area contributed by atoms with Crippen LogP contribution in [0.25, 0.3) is 0 Å². The molecule has 2 aromatic rings. The molecule has 17 heavy (non-hydrogen) atoms. The largest absolute Gasteiger partial charge is 0.326 e. The van der Waals surface area contributed by atoms with Crippen molar-refractivity contribution in [1.29, 1.82) is 0 Å². The first-order valence-electron chi connectivity index (χ1n) is 5.29. The summed E-state index contributed by atoms with van der Waals surface area (Å²) < 4.78 is 0. The number of aromatic nitrogens is 2. The highest BCUT2D eigenvalue weighted by Gasteiger charge is 2.10. The van der Waals surface area contributed by atoms with Crippen molar-refractivity contribution < 1.29 is 4.79 Å². The fourth-order valence-electron chi connectivity index (χ4n) is 1.50. The average molecular weight is 228 g/mol. The van der Waals surface area contributed by atoms with Gasteiger partial charge in [-0.2, -0.15) is 0 Å². The summed E-state index contributed by atoms with van der Waals surface area (Å²) in [6.07, 6.45) is 2.95. The van der Waals surface area contributed by atoms with E-state index in [2.05, 4.69) is 9.97 Å². The Balaban J connectivity index is 2.20. The van der Waals surface area contributed by atoms with E-state index in [0.717, 1.165) is 5.56 Å². The molecule has 0 saturated carbocycles. The highest BCUT2D eigenvalue weighted by Crippen LogP contribution is 2.05. The van der Waals surface area contributed by atoms with E-state index in [-0.39, 0.29) is 23.5 Å². The number of Topliss-reactive ketones (excluding diaryl/α,β-unsaturated/α-hetero) is 1. The summed E-state index contributed by atoms with van der Waals surface area (Å²) in [6, 6.07) is 7.26. The van der Waals surface area contributed by atoms with E-state index in [1.165, 1.54) is 12.4 Å². The van der Waals surface area contributed by atoms with Crippen molar-refractivity contribution in [2.24, 2.45) is 0 Å². The number of hydrogen-bond donors (Lipinski definition) is 1. The van der Waals surface area contributed by atoms with Crippen molar-refractivity contribution in [2.75, 3.05) is 0 Å². The molecule has 86 valence electrons. The molecule has 1 N–H and O–H groups in total. The lowest BCUT2D eigenvalue weighted by molar-refractivity contribution is 0.0991. The fraction of sp³-hybridized carbons (Fsp3) is 0.154. The van der Waals surface area contributed by atoms with Crippen LogP contribution in [0.1, 0.15) is 21.6 Å². The minimum atomic E-state index is -0.312. The molecule has 1 aromatic heterocycles. The van der Waals surface area contributed by atoms with Crippen molar-refractivity contribution in [3.63, 3.8) is 0 Å². The third kappa shape index (κ3) is 2.66. The van der Waals surface area contributed by atoms with Crippen LogP contribution in [0.3, 0.4) is 0 Å². The number of carbonyl (C=O) groups is 1. The Morgan fingerprint density at radius 2 is 2.00 bits per heavy atom. The van der Waals surface area contributed by atoms with Crippen molar-refractivity contribution in [3.8, 4) is 0 Å². The lowest BCUT2D eigenvalue weighted by Gasteiger charge is -2.00.